The van der Waals surface area contributed by atoms with Crippen LogP contribution in [0, 0.1) is 5.92 Å². The topological polar surface area (TPSA) is 73.9 Å². The van der Waals surface area contributed by atoms with Crippen molar-refractivity contribution < 1.29 is 22.6 Å². The molecule has 29 heavy (non-hydrogen) atoms. The van der Waals surface area contributed by atoms with Gasteiger partial charge in [0.25, 0.3) is 0 Å². The van der Waals surface area contributed by atoms with Gasteiger partial charge in [-0.25, -0.2) is 13.1 Å². The van der Waals surface area contributed by atoms with E-state index in [9.17, 15) is 8.42 Å². The minimum Gasteiger partial charge on any atom is -0.494 e. The Kier molecular flexibility index (Phi) is 8.34. The van der Waals surface area contributed by atoms with Crippen LogP contribution in [0.1, 0.15) is 46.2 Å². The molecule has 2 aromatic rings. The van der Waals surface area contributed by atoms with Crippen molar-refractivity contribution in [2.75, 3.05) is 19.8 Å². The molecule has 160 valence electrons. The summed E-state index contributed by atoms with van der Waals surface area (Å²) in [5.41, 5.74) is 0.821. The van der Waals surface area contributed by atoms with E-state index in [-0.39, 0.29) is 10.8 Å². The highest BCUT2D eigenvalue weighted by Crippen LogP contribution is 2.33. The summed E-state index contributed by atoms with van der Waals surface area (Å²) in [6.07, 6.45) is 0. The molecule has 0 radical (unpaired) electrons. The molecule has 0 fully saturated rings. The summed E-state index contributed by atoms with van der Waals surface area (Å²) in [5, 5.41) is 0. The third kappa shape index (κ3) is 6.11. The minimum atomic E-state index is -3.71. The molecule has 2 aromatic carbocycles. The van der Waals surface area contributed by atoms with E-state index in [1.54, 1.807) is 24.3 Å². The molecule has 2 rings (SSSR count). The molecular weight excluding hydrogens is 390 g/mol. The number of nitrogens with one attached hydrogen (secondary N) is 1. The maximum atomic E-state index is 13.0. The van der Waals surface area contributed by atoms with Crippen molar-refractivity contribution in [1.82, 2.24) is 4.72 Å². The maximum absolute atomic E-state index is 13.0. The third-order valence-corrected chi connectivity index (χ3v) is 5.78. The minimum absolute atomic E-state index is 0.0277. The Balaban J connectivity index is 2.32. The predicted molar refractivity (Wildman–Crippen MR) is 114 cm³/mol. The fourth-order valence-corrected chi connectivity index (χ4v) is 4.34. The normalized spacial score (nSPS) is 12.6. The van der Waals surface area contributed by atoms with Gasteiger partial charge in [-0.3, -0.25) is 0 Å². The molecule has 6 nitrogen and oxygen atoms in total. The van der Waals surface area contributed by atoms with E-state index in [0.717, 1.165) is 5.56 Å². The van der Waals surface area contributed by atoms with Gasteiger partial charge in [-0.15, -0.1) is 0 Å². The lowest BCUT2D eigenvalue weighted by Crippen LogP contribution is -2.31. The van der Waals surface area contributed by atoms with Crippen molar-refractivity contribution in [3.05, 3.63) is 48.0 Å². The standard InChI is InChI=1S/C22H31NO5S/c1-6-26-18-10-12-19(13-11-18)29(24,25)23-22(16(4)5)17-9-14-20(27-7-2)21(15-17)28-8-3/h9-16,22-23H,6-8H2,1-5H3. The van der Waals surface area contributed by atoms with Crippen LogP contribution in [0.3, 0.4) is 0 Å². The molecule has 0 saturated carbocycles. The van der Waals surface area contributed by atoms with Crippen molar-refractivity contribution in [2.45, 2.75) is 45.6 Å². The Labute approximate surface area is 174 Å². The van der Waals surface area contributed by atoms with E-state index in [1.165, 1.54) is 0 Å². The molecule has 0 aliphatic rings. The lowest BCUT2D eigenvalue weighted by molar-refractivity contribution is 0.287. The van der Waals surface area contributed by atoms with Crippen LogP contribution in [0.5, 0.6) is 17.2 Å². The zero-order chi connectivity index (χ0) is 21.4. The van der Waals surface area contributed by atoms with Crippen LogP contribution in [0.2, 0.25) is 0 Å². The average Bonchev–Trinajstić information content (AvgIpc) is 2.68. The zero-order valence-electron chi connectivity index (χ0n) is 17.8. The van der Waals surface area contributed by atoms with Crippen LogP contribution in [0.15, 0.2) is 47.4 Å². The van der Waals surface area contributed by atoms with Crippen LogP contribution >= 0.6 is 0 Å². The fraction of sp³-hybridized carbons (Fsp3) is 0.455. The molecule has 1 N–H and O–H groups in total. The number of sulfonamides is 1. The smallest absolute Gasteiger partial charge is 0.241 e. The molecule has 0 bridgehead atoms. The fourth-order valence-electron chi connectivity index (χ4n) is 2.97. The van der Waals surface area contributed by atoms with Crippen molar-refractivity contribution >= 4 is 10.0 Å². The molecule has 0 aliphatic carbocycles. The van der Waals surface area contributed by atoms with E-state index in [1.807, 2.05) is 52.8 Å². The lowest BCUT2D eigenvalue weighted by atomic mass is 9.97. The van der Waals surface area contributed by atoms with Gasteiger partial charge in [0.2, 0.25) is 10.0 Å². The Morgan fingerprint density at radius 3 is 1.97 bits per heavy atom. The Morgan fingerprint density at radius 2 is 1.41 bits per heavy atom. The highest BCUT2D eigenvalue weighted by molar-refractivity contribution is 7.89. The summed E-state index contributed by atoms with van der Waals surface area (Å²) in [6.45, 7) is 11.2. The van der Waals surface area contributed by atoms with E-state index in [0.29, 0.717) is 37.1 Å². The first-order valence-electron chi connectivity index (χ1n) is 9.97. The molecular formula is C22H31NO5S. The van der Waals surface area contributed by atoms with E-state index in [4.69, 9.17) is 14.2 Å². The molecule has 0 amide bonds. The molecule has 0 aliphatic heterocycles. The quantitative estimate of drug-likeness (QED) is 0.576. The van der Waals surface area contributed by atoms with Crippen LogP contribution in [0.25, 0.3) is 0 Å². The van der Waals surface area contributed by atoms with Gasteiger partial charge < -0.3 is 14.2 Å². The number of hydrogen-bond acceptors (Lipinski definition) is 5. The molecule has 1 atom stereocenters. The van der Waals surface area contributed by atoms with Crippen LogP contribution in [0.4, 0.5) is 0 Å². The van der Waals surface area contributed by atoms with Gasteiger partial charge in [0, 0.05) is 6.04 Å². The summed E-state index contributed by atoms with van der Waals surface area (Å²) in [4.78, 5) is 0.197. The Hall–Kier alpha value is -2.25. The SMILES string of the molecule is CCOc1ccc(S(=O)(=O)NC(c2ccc(OCC)c(OCC)c2)C(C)C)cc1. The molecule has 0 aromatic heterocycles. The second-order valence-electron chi connectivity index (χ2n) is 6.82. The van der Waals surface area contributed by atoms with Gasteiger partial charge in [0.15, 0.2) is 11.5 Å². The molecule has 1 unspecified atom stereocenters. The highest BCUT2D eigenvalue weighted by Gasteiger charge is 2.25. The first-order valence-corrected chi connectivity index (χ1v) is 11.4. The number of ether oxygens (including phenoxy) is 3. The zero-order valence-corrected chi connectivity index (χ0v) is 18.6. The van der Waals surface area contributed by atoms with Crippen molar-refractivity contribution in [3.8, 4) is 17.2 Å². The maximum Gasteiger partial charge on any atom is 0.241 e. The van der Waals surface area contributed by atoms with Crippen LogP contribution < -0.4 is 18.9 Å². The largest absolute Gasteiger partial charge is 0.494 e. The molecule has 7 heteroatoms. The van der Waals surface area contributed by atoms with Gasteiger partial charge in [-0.05, 0) is 68.7 Å². The van der Waals surface area contributed by atoms with Crippen molar-refractivity contribution in [3.63, 3.8) is 0 Å². The monoisotopic (exact) mass is 421 g/mol. The van der Waals surface area contributed by atoms with E-state index < -0.39 is 16.1 Å². The lowest BCUT2D eigenvalue weighted by Gasteiger charge is -2.24. The number of hydrogen-bond donors (Lipinski definition) is 1. The highest BCUT2D eigenvalue weighted by atomic mass is 32.2. The predicted octanol–water partition coefficient (Wildman–Crippen LogP) is 4.56. The Morgan fingerprint density at radius 1 is 0.828 bits per heavy atom. The summed E-state index contributed by atoms with van der Waals surface area (Å²) in [5.74, 6) is 1.92. The third-order valence-electron chi connectivity index (χ3n) is 4.32. The second kappa shape index (κ2) is 10.5. The van der Waals surface area contributed by atoms with Crippen LogP contribution in [-0.2, 0) is 10.0 Å². The second-order valence-corrected chi connectivity index (χ2v) is 8.53. The first kappa shape index (κ1) is 23.0. The molecule has 0 heterocycles. The van der Waals surface area contributed by atoms with Gasteiger partial charge in [-0.2, -0.15) is 0 Å². The van der Waals surface area contributed by atoms with Gasteiger partial charge in [0.1, 0.15) is 5.75 Å². The van der Waals surface area contributed by atoms with Gasteiger partial charge >= 0.3 is 0 Å². The molecule has 0 saturated heterocycles. The van der Waals surface area contributed by atoms with Crippen molar-refractivity contribution in [2.24, 2.45) is 5.92 Å². The first-order chi connectivity index (χ1) is 13.8. The summed E-state index contributed by atoms with van der Waals surface area (Å²) in [7, 11) is -3.71. The van der Waals surface area contributed by atoms with E-state index >= 15 is 0 Å². The number of rotatable bonds is 11. The summed E-state index contributed by atoms with van der Waals surface area (Å²) in [6, 6.07) is 11.5. The summed E-state index contributed by atoms with van der Waals surface area (Å²) < 4.78 is 45.4. The van der Waals surface area contributed by atoms with Gasteiger partial charge in [-0.1, -0.05) is 19.9 Å². The molecule has 0 spiro atoms. The van der Waals surface area contributed by atoms with Crippen LogP contribution in [-0.4, -0.2) is 28.2 Å². The van der Waals surface area contributed by atoms with E-state index in [2.05, 4.69) is 4.72 Å². The van der Waals surface area contributed by atoms with Gasteiger partial charge in [0.05, 0.1) is 24.7 Å². The number of benzene rings is 2. The average molecular weight is 422 g/mol. The Bertz CT molecular complexity index is 879. The van der Waals surface area contributed by atoms with Crippen molar-refractivity contribution in [1.29, 1.82) is 0 Å². The summed E-state index contributed by atoms with van der Waals surface area (Å²) >= 11 is 0.